The number of carbonyl (C=O) groups excluding carboxylic acids is 1. The van der Waals surface area contributed by atoms with Gasteiger partial charge in [-0.3, -0.25) is 9.59 Å². The van der Waals surface area contributed by atoms with Crippen LogP contribution in [0, 0.1) is 5.41 Å². The predicted molar refractivity (Wildman–Crippen MR) is 71.7 cm³/mol. The van der Waals surface area contributed by atoms with Gasteiger partial charge in [-0.1, -0.05) is 19.8 Å². The van der Waals surface area contributed by atoms with Crippen molar-refractivity contribution >= 4 is 23.6 Å². The van der Waals surface area contributed by atoms with E-state index in [1.54, 1.807) is 11.8 Å². The average Bonchev–Trinajstić information content (AvgIpc) is 2.76. The molecule has 2 fully saturated rings. The Labute approximate surface area is 112 Å². The molecule has 0 spiro atoms. The molecule has 1 aliphatic carbocycles. The molecule has 0 bridgehead atoms. The van der Waals surface area contributed by atoms with E-state index in [-0.39, 0.29) is 23.8 Å². The van der Waals surface area contributed by atoms with Crippen LogP contribution in [0.25, 0.3) is 0 Å². The monoisotopic (exact) mass is 271 g/mol. The molecule has 2 aliphatic rings. The third-order valence-electron chi connectivity index (χ3n) is 4.12. The molecule has 4 nitrogen and oxygen atoms in total. The van der Waals surface area contributed by atoms with Crippen LogP contribution >= 0.6 is 11.8 Å². The van der Waals surface area contributed by atoms with Crippen LogP contribution < -0.4 is 0 Å². The topological polar surface area (TPSA) is 57.6 Å². The summed E-state index contributed by atoms with van der Waals surface area (Å²) in [6.07, 6.45) is 4.22. The summed E-state index contributed by atoms with van der Waals surface area (Å²) in [5, 5.41) is 8.95. The lowest BCUT2D eigenvalue weighted by Gasteiger charge is -2.39. The van der Waals surface area contributed by atoms with Crippen molar-refractivity contribution in [3.8, 4) is 0 Å². The van der Waals surface area contributed by atoms with Crippen molar-refractivity contribution in [2.75, 3.05) is 18.1 Å². The first-order chi connectivity index (χ1) is 8.53. The van der Waals surface area contributed by atoms with Crippen molar-refractivity contribution < 1.29 is 14.7 Å². The maximum atomic E-state index is 12.6. The van der Waals surface area contributed by atoms with E-state index in [1.165, 1.54) is 0 Å². The number of carboxylic acids is 1. The van der Waals surface area contributed by atoms with Crippen LogP contribution in [0.3, 0.4) is 0 Å². The molecule has 0 aromatic rings. The van der Waals surface area contributed by atoms with Gasteiger partial charge in [0.25, 0.3) is 0 Å². The van der Waals surface area contributed by atoms with Gasteiger partial charge in [0, 0.05) is 23.5 Å². The van der Waals surface area contributed by atoms with Crippen LogP contribution in [0.5, 0.6) is 0 Å². The number of thioether (sulfide) groups is 1. The zero-order valence-corrected chi connectivity index (χ0v) is 11.7. The molecule has 0 aromatic carbocycles. The van der Waals surface area contributed by atoms with Crippen LogP contribution in [0.2, 0.25) is 0 Å². The molecule has 1 unspecified atom stereocenters. The number of rotatable bonds is 3. The lowest BCUT2D eigenvalue weighted by atomic mass is 9.86. The molecule has 1 aliphatic heterocycles. The summed E-state index contributed by atoms with van der Waals surface area (Å²) in [5.74, 6) is 1.06. The normalized spacial score (nSPS) is 27.2. The number of carboxylic acid groups (broad SMARTS) is 1. The molecule has 5 heteroatoms. The highest BCUT2D eigenvalue weighted by atomic mass is 32.2. The Morgan fingerprint density at radius 2 is 2.06 bits per heavy atom. The van der Waals surface area contributed by atoms with E-state index in [1.807, 2.05) is 11.8 Å². The van der Waals surface area contributed by atoms with E-state index in [9.17, 15) is 9.59 Å². The van der Waals surface area contributed by atoms with Crippen molar-refractivity contribution in [3.63, 3.8) is 0 Å². The summed E-state index contributed by atoms with van der Waals surface area (Å²) >= 11 is 1.75. The number of nitrogens with zero attached hydrogens (tertiary/aromatic N) is 1. The van der Waals surface area contributed by atoms with Crippen molar-refractivity contribution in [1.29, 1.82) is 0 Å². The van der Waals surface area contributed by atoms with Crippen LogP contribution in [0.15, 0.2) is 0 Å². The Kier molecular flexibility index (Phi) is 4.20. The quantitative estimate of drug-likeness (QED) is 0.853. The minimum absolute atomic E-state index is 0.0782. The lowest BCUT2D eigenvalue weighted by Crippen LogP contribution is -2.51. The molecule has 0 aromatic heterocycles. The first-order valence-corrected chi connectivity index (χ1v) is 7.79. The number of hydrogen-bond donors (Lipinski definition) is 1. The van der Waals surface area contributed by atoms with E-state index in [4.69, 9.17) is 5.11 Å². The van der Waals surface area contributed by atoms with E-state index < -0.39 is 5.97 Å². The fourth-order valence-electron chi connectivity index (χ4n) is 3.01. The second kappa shape index (κ2) is 5.51. The van der Waals surface area contributed by atoms with Gasteiger partial charge >= 0.3 is 5.97 Å². The Hall–Kier alpha value is -0.710. The van der Waals surface area contributed by atoms with E-state index in [2.05, 4.69) is 0 Å². The molecule has 1 atom stereocenters. The highest BCUT2D eigenvalue weighted by molar-refractivity contribution is 7.99. The summed E-state index contributed by atoms with van der Waals surface area (Å²) in [5.41, 5.74) is -0.237. The molecule has 1 amide bonds. The van der Waals surface area contributed by atoms with Crippen LogP contribution in [0.1, 0.15) is 39.0 Å². The average molecular weight is 271 g/mol. The summed E-state index contributed by atoms with van der Waals surface area (Å²) < 4.78 is 0. The van der Waals surface area contributed by atoms with Gasteiger partial charge in [0.15, 0.2) is 0 Å². The first kappa shape index (κ1) is 13.7. The minimum atomic E-state index is -0.808. The van der Waals surface area contributed by atoms with Gasteiger partial charge in [-0.05, 0) is 12.8 Å². The molecule has 1 heterocycles. The smallest absolute Gasteiger partial charge is 0.305 e. The maximum absolute atomic E-state index is 12.6. The third-order valence-corrected chi connectivity index (χ3v) is 5.21. The van der Waals surface area contributed by atoms with Crippen molar-refractivity contribution in [2.45, 2.75) is 45.1 Å². The van der Waals surface area contributed by atoms with Gasteiger partial charge in [-0.2, -0.15) is 11.8 Å². The van der Waals surface area contributed by atoms with Crippen LogP contribution in [-0.4, -0.2) is 46.0 Å². The van der Waals surface area contributed by atoms with Crippen LogP contribution in [-0.2, 0) is 9.59 Å². The molecule has 1 saturated heterocycles. The van der Waals surface area contributed by atoms with E-state index >= 15 is 0 Å². The Morgan fingerprint density at radius 1 is 1.39 bits per heavy atom. The number of hydrogen-bond acceptors (Lipinski definition) is 3. The standard InChI is InChI=1S/C13H21NO3S/c1-13(4-2-3-5-13)12(17)14-6-7-18-9-10(14)8-11(15)16/h10H,2-9H2,1H3,(H,15,16). The van der Waals surface area contributed by atoms with Crippen molar-refractivity contribution in [3.05, 3.63) is 0 Å². The fourth-order valence-corrected chi connectivity index (χ4v) is 4.07. The summed E-state index contributed by atoms with van der Waals surface area (Å²) in [4.78, 5) is 25.4. The third kappa shape index (κ3) is 2.82. The van der Waals surface area contributed by atoms with Crippen LogP contribution in [0.4, 0.5) is 0 Å². The zero-order valence-electron chi connectivity index (χ0n) is 10.9. The van der Waals surface area contributed by atoms with Gasteiger partial charge in [0.2, 0.25) is 5.91 Å². The minimum Gasteiger partial charge on any atom is -0.481 e. The zero-order chi connectivity index (χ0) is 13.2. The Balaban J connectivity index is 2.08. The molecule has 18 heavy (non-hydrogen) atoms. The number of amides is 1. The van der Waals surface area contributed by atoms with Gasteiger partial charge < -0.3 is 10.0 Å². The van der Waals surface area contributed by atoms with Crippen molar-refractivity contribution in [1.82, 2.24) is 4.90 Å². The highest BCUT2D eigenvalue weighted by Crippen LogP contribution is 2.40. The molecule has 102 valence electrons. The fraction of sp³-hybridized carbons (Fsp3) is 0.846. The van der Waals surface area contributed by atoms with Gasteiger partial charge in [0.05, 0.1) is 12.5 Å². The van der Waals surface area contributed by atoms with E-state index in [0.717, 1.165) is 37.2 Å². The molecular weight excluding hydrogens is 250 g/mol. The van der Waals surface area contributed by atoms with E-state index in [0.29, 0.717) is 6.54 Å². The summed E-state index contributed by atoms with van der Waals surface area (Å²) in [7, 11) is 0. The molecule has 0 radical (unpaired) electrons. The second-order valence-electron chi connectivity index (χ2n) is 5.59. The summed E-state index contributed by atoms with van der Waals surface area (Å²) in [6.45, 7) is 2.75. The predicted octanol–water partition coefficient (Wildman–Crippen LogP) is 1.99. The largest absolute Gasteiger partial charge is 0.481 e. The molecule has 1 N–H and O–H groups in total. The number of carbonyl (C=O) groups is 2. The SMILES string of the molecule is CC1(C(=O)N2CCSCC2CC(=O)O)CCCC1. The molecule has 1 saturated carbocycles. The van der Waals surface area contributed by atoms with Gasteiger partial charge in [-0.15, -0.1) is 0 Å². The lowest BCUT2D eigenvalue weighted by molar-refractivity contribution is -0.145. The molecular formula is C13H21NO3S. The molecule has 2 rings (SSSR count). The Morgan fingerprint density at radius 3 is 2.67 bits per heavy atom. The first-order valence-electron chi connectivity index (χ1n) is 6.63. The number of aliphatic carboxylic acids is 1. The highest BCUT2D eigenvalue weighted by Gasteiger charge is 2.42. The Bertz CT molecular complexity index is 339. The van der Waals surface area contributed by atoms with Gasteiger partial charge in [-0.25, -0.2) is 0 Å². The summed E-state index contributed by atoms with van der Waals surface area (Å²) in [6, 6.07) is -0.119. The van der Waals surface area contributed by atoms with Crippen molar-refractivity contribution in [2.24, 2.45) is 5.41 Å². The van der Waals surface area contributed by atoms with Gasteiger partial charge in [0.1, 0.15) is 0 Å². The maximum Gasteiger partial charge on any atom is 0.305 e. The second-order valence-corrected chi connectivity index (χ2v) is 6.74.